The van der Waals surface area contributed by atoms with Gasteiger partial charge in [-0.15, -0.1) is 0 Å². The number of amidine groups is 1. The molecule has 1 aliphatic rings. The predicted molar refractivity (Wildman–Crippen MR) is 113 cm³/mol. The van der Waals surface area contributed by atoms with Crippen molar-refractivity contribution in [2.75, 3.05) is 13.3 Å². The predicted octanol–water partition coefficient (Wildman–Crippen LogP) is 3.83. The van der Waals surface area contributed by atoms with Gasteiger partial charge in [0, 0.05) is 16.7 Å². The highest BCUT2D eigenvalue weighted by molar-refractivity contribution is 8.15. The number of ketones is 1. The van der Waals surface area contributed by atoms with Crippen LogP contribution in [0.25, 0.3) is 0 Å². The first kappa shape index (κ1) is 22.1. The van der Waals surface area contributed by atoms with Crippen LogP contribution in [0, 0.1) is 5.82 Å². The van der Waals surface area contributed by atoms with Gasteiger partial charge in [0.1, 0.15) is 24.8 Å². The van der Waals surface area contributed by atoms with Crippen LogP contribution in [-0.4, -0.2) is 38.9 Å². The van der Waals surface area contributed by atoms with Gasteiger partial charge in [0.25, 0.3) is 0 Å². The molecular weight excluding hydrogens is 410 g/mol. The number of aromatic nitrogens is 2. The lowest BCUT2D eigenvalue weighted by Gasteiger charge is -2.39. The Hall–Kier alpha value is -2.55. The number of nitrogens with two attached hydrogens (primary N) is 1. The van der Waals surface area contributed by atoms with Crippen molar-refractivity contribution in [3.8, 4) is 5.88 Å². The molecule has 0 bridgehead atoms. The lowest BCUT2D eigenvalue weighted by atomic mass is 9.82. The fourth-order valence-corrected chi connectivity index (χ4v) is 4.82. The fourth-order valence-electron chi connectivity index (χ4n) is 3.66. The second kappa shape index (κ2) is 8.67. The molecular formula is C21H24F2N4O2S. The summed E-state index contributed by atoms with van der Waals surface area (Å²) < 4.78 is 31.7. The van der Waals surface area contributed by atoms with Crippen LogP contribution in [0.3, 0.4) is 0 Å². The monoisotopic (exact) mass is 434 g/mol. The number of ether oxygens (including phenoxy) is 1. The summed E-state index contributed by atoms with van der Waals surface area (Å²) in [7, 11) is 0. The maximum atomic E-state index is 14.7. The van der Waals surface area contributed by atoms with E-state index in [2.05, 4.69) is 15.0 Å². The number of hydrogen-bond acceptors (Lipinski definition) is 7. The van der Waals surface area contributed by atoms with Crippen LogP contribution in [-0.2, 0) is 12.0 Å². The van der Waals surface area contributed by atoms with Crippen LogP contribution in [0.1, 0.15) is 48.8 Å². The lowest BCUT2D eigenvalue weighted by Crippen LogP contribution is -2.38. The number of carbonyl (C=O) groups is 1. The Kier molecular flexibility index (Phi) is 6.40. The smallest absolute Gasteiger partial charge is 0.232 e. The Morgan fingerprint density at radius 1 is 1.27 bits per heavy atom. The maximum Gasteiger partial charge on any atom is 0.232 e. The van der Waals surface area contributed by atoms with Crippen LogP contribution in [0.4, 0.5) is 8.78 Å². The summed E-state index contributed by atoms with van der Waals surface area (Å²) in [5.41, 5.74) is 6.38. The molecule has 2 N–H and O–H groups in total. The molecule has 0 amide bonds. The first-order chi connectivity index (χ1) is 14.1. The van der Waals surface area contributed by atoms with E-state index in [0.717, 1.165) is 0 Å². The zero-order chi connectivity index (χ0) is 21.9. The molecule has 1 atom stereocenters. The quantitative estimate of drug-likeness (QED) is 0.666. The van der Waals surface area contributed by atoms with Crippen molar-refractivity contribution >= 4 is 22.7 Å². The van der Waals surface area contributed by atoms with Crippen molar-refractivity contribution in [3.05, 3.63) is 53.2 Å². The zero-order valence-electron chi connectivity index (χ0n) is 17.1. The molecule has 160 valence electrons. The first-order valence-electron chi connectivity index (χ1n) is 9.49. The summed E-state index contributed by atoms with van der Waals surface area (Å²) in [6, 6.07) is 4.59. The zero-order valence-corrected chi connectivity index (χ0v) is 17.9. The van der Waals surface area contributed by atoms with Gasteiger partial charge in [0.2, 0.25) is 5.88 Å². The third-order valence-electron chi connectivity index (χ3n) is 4.72. The van der Waals surface area contributed by atoms with Crippen molar-refractivity contribution in [3.63, 3.8) is 0 Å². The summed E-state index contributed by atoms with van der Waals surface area (Å²) in [6.07, 6.45) is 3.19. The van der Waals surface area contributed by atoms with Gasteiger partial charge >= 0.3 is 0 Å². The van der Waals surface area contributed by atoms with E-state index < -0.39 is 12.2 Å². The van der Waals surface area contributed by atoms with Gasteiger partial charge in [-0.3, -0.25) is 9.79 Å². The van der Waals surface area contributed by atoms with Crippen molar-refractivity contribution in [1.82, 2.24) is 9.97 Å². The van der Waals surface area contributed by atoms with Crippen molar-refractivity contribution in [2.45, 2.75) is 43.9 Å². The number of rotatable bonds is 7. The molecule has 0 radical (unpaired) electrons. The lowest BCUT2D eigenvalue weighted by molar-refractivity contribution is 0.0987. The molecule has 3 rings (SSSR count). The molecule has 2 heterocycles. The number of nitrogens with zero attached hydrogens (tertiary/aromatic N) is 3. The van der Waals surface area contributed by atoms with E-state index in [0.29, 0.717) is 22.7 Å². The molecule has 0 unspecified atom stereocenters. The first-order valence-corrected chi connectivity index (χ1v) is 10.3. The fraction of sp³-hybridized carbons (Fsp3) is 0.429. The SMILES string of the molecule is CC1(C)C[C@@](C)(c2cc(CC(=O)c3cnc(OCCF)cn3)ccc2F)N=C(N)S1. The summed E-state index contributed by atoms with van der Waals surface area (Å²) in [4.78, 5) is 25.1. The van der Waals surface area contributed by atoms with Crippen molar-refractivity contribution in [1.29, 1.82) is 0 Å². The topological polar surface area (TPSA) is 90.5 Å². The number of Topliss-reactive ketones (excluding diaryl/α,β-unsaturated/α-hetero) is 1. The molecule has 0 aliphatic carbocycles. The van der Waals surface area contributed by atoms with Crippen LogP contribution in [0.15, 0.2) is 35.6 Å². The van der Waals surface area contributed by atoms with Crippen molar-refractivity contribution in [2.24, 2.45) is 10.7 Å². The average Bonchev–Trinajstić information content (AvgIpc) is 2.66. The number of aliphatic imine (C=N–C) groups is 1. The minimum atomic E-state index is -0.822. The Balaban J connectivity index is 1.82. The van der Waals surface area contributed by atoms with Gasteiger partial charge in [0.05, 0.1) is 17.9 Å². The highest BCUT2D eigenvalue weighted by Gasteiger charge is 2.40. The van der Waals surface area contributed by atoms with E-state index in [1.807, 2.05) is 20.8 Å². The minimum Gasteiger partial charge on any atom is -0.474 e. The Bertz CT molecular complexity index is 966. The van der Waals surface area contributed by atoms with E-state index in [4.69, 9.17) is 10.5 Å². The standard InChI is InChI=1S/C21H24F2N4O2S/c1-20(2)12-21(3,27-19(24)30-20)14-8-13(4-5-15(14)23)9-17(28)16-10-26-18(11-25-16)29-7-6-22/h4-5,8,10-11H,6-7,9,12H2,1-3H3,(H2,24,27)/t21-/m0/s1. The molecule has 30 heavy (non-hydrogen) atoms. The van der Waals surface area contributed by atoms with Crippen molar-refractivity contribution < 1.29 is 18.3 Å². The van der Waals surface area contributed by atoms with Gasteiger partial charge in [0.15, 0.2) is 11.0 Å². The van der Waals surface area contributed by atoms with Gasteiger partial charge in [-0.05, 0) is 31.0 Å². The summed E-state index contributed by atoms with van der Waals surface area (Å²) in [5.74, 6) is -0.513. The number of carbonyl (C=O) groups excluding carboxylic acids is 1. The van der Waals surface area contributed by atoms with Crippen LogP contribution >= 0.6 is 11.8 Å². The normalized spacial score (nSPS) is 20.5. The second-order valence-electron chi connectivity index (χ2n) is 7.95. The largest absolute Gasteiger partial charge is 0.474 e. The molecule has 0 spiro atoms. The van der Waals surface area contributed by atoms with Crippen LogP contribution in [0.2, 0.25) is 0 Å². The van der Waals surface area contributed by atoms with Crippen LogP contribution in [0.5, 0.6) is 5.88 Å². The molecule has 0 saturated heterocycles. The third-order valence-corrected chi connectivity index (χ3v) is 5.72. The summed E-state index contributed by atoms with van der Waals surface area (Å²) >= 11 is 1.47. The summed E-state index contributed by atoms with van der Waals surface area (Å²) in [6.45, 7) is 5.18. The number of halogens is 2. The highest BCUT2D eigenvalue weighted by atomic mass is 32.2. The van der Waals surface area contributed by atoms with E-state index >= 15 is 0 Å². The Morgan fingerprint density at radius 2 is 2.03 bits per heavy atom. The number of hydrogen-bond donors (Lipinski definition) is 1. The molecule has 1 aromatic heterocycles. The summed E-state index contributed by atoms with van der Waals surface area (Å²) in [5, 5.41) is 0.417. The van der Waals surface area contributed by atoms with Gasteiger partial charge in [-0.1, -0.05) is 31.7 Å². The number of benzene rings is 1. The molecule has 0 saturated carbocycles. The van der Waals surface area contributed by atoms with Gasteiger partial charge in [-0.25, -0.2) is 18.7 Å². The van der Waals surface area contributed by atoms with E-state index in [1.165, 1.54) is 30.2 Å². The number of thioether (sulfide) groups is 1. The second-order valence-corrected chi connectivity index (χ2v) is 9.68. The molecule has 1 aliphatic heterocycles. The van der Waals surface area contributed by atoms with E-state index in [9.17, 15) is 13.6 Å². The number of alkyl halides is 1. The molecule has 2 aromatic rings. The average molecular weight is 435 g/mol. The Labute approximate surface area is 178 Å². The highest BCUT2D eigenvalue weighted by Crippen LogP contribution is 2.45. The maximum absolute atomic E-state index is 14.7. The van der Waals surface area contributed by atoms with E-state index in [1.54, 1.807) is 12.1 Å². The molecule has 1 aromatic carbocycles. The molecule has 6 nitrogen and oxygen atoms in total. The Morgan fingerprint density at radius 3 is 2.67 bits per heavy atom. The van der Waals surface area contributed by atoms with E-state index in [-0.39, 0.29) is 40.9 Å². The van der Waals surface area contributed by atoms with Crippen LogP contribution < -0.4 is 10.5 Å². The molecule has 0 fully saturated rings. The third kappa shape index (κ3) is 5.13. The minimum absolute atomic E-state index is 0.0278. The van der Waals surface area contributed by atoms with Gasteiger partial charge < -0.3 is 10.5 Å². The molecule has 9 heteroatoms. The van der Waals surface area contributed by atoms with Gasteiger partial charge in [-0.2, -0.15) is 0 Å².